The molecule has 1 amide bonds. The topological polar surface area (TPSA) is 132 Å². The molecule has 0 aliphatic carbocycles. The summed E-state index contributed by atoms with van der Waals surface area (Å²) in [7, 11) is -1.86. The minimum Gasteiger partial charge on any atom is -0.383 e. The van der Waals surface area contributed by atoms with Gasteiger partial charge in [0, 0.05) is 23.9 Å². The van der Waals surface area contributed by atoms with Gasteiger partial charge < -0.3 is 15.6 Å². The van der Waals surface area contributed by atoms with Gasteiger partial charge in [0.25, 0.3) is 11.8 Å². The maximum Gasteiger partial charge on any atom is 0.267 e. The number of likely N-dealkylation sites (tertiary alicyclic amines) is 1. The molecule has 10 nitrogen and oxygen atoms in total. The molecule has 1 aliphatic heterocycles. The fourth-order valence-electron chi connectivity index (χ4n) is 5.65. The van der Waals surface area contributed by atoms with Gasteiger partial charge in [-0.3, -0.25) is 13.6 Å². The van der Waals surface area contributed by atoms with Crippen LogP contribution < -0.4 is 5.73 Å². The van der Waals surface area contributed by atoms with Crippen LogP contribution >= 0.6 is 0 Å². The van der Waals surface area contributed by atoms with E-state index >= 15 is 0 Å². The Labute approximate surface area is 258 Å². The molecule has 7 rings (SSSR count). The molecule has 45 heavy (non-hydrogen) atoms. The summed E-state index contributed by atoms with van der Waals surface area (Å²) in [6, 6.07) is 18.7. The number of fused-ring (bicyclic) bond motifs is 2. The zero-order valence-corrected chi connectivity index (χ0v) is 25.1. The van der Waals surface area contributed by atoms with E-state index < -0.39 is 41.6 Å². The lowest BCUT2D eigenvalue weighted by Gasteiger charge is -2.16. The number of carbonyl (C=O) groups excluding carboxylic acids is 2. The molecule has 228 valence electrons. The molecule has 1 fully saturated rings. The molecule has 4 heterocycles. The number of nitrogens with zero attached hydrogens (tertiary/aromatic N) is 5. The molecule has 1 unspecified atom stereocenters. The van der Waals surface area contributed by atoms with Crippen molar-refractivity contribution in [1.82, 2.24) is 28.6 Å². The standard InChI is InChI=1S/C32H27F2N7O3S/c1-18-3-7-23(8-4-18)45(44)41-27-10-5-20(31(43)39-12-11-32(33,34)17-39)13-21(27)14-28(41)29(42)24-16-36-40(30(24)35)22-6-9-25-26(15-22)38-19(2)37-25/h3-10,13-16H,11-12,17,35H2,1-2H3,(H,37,38). The number of rotatable bonds is 6. The van der Waals surface area contributed by atoms with Crippen LogP contribution in [0.2, 0.25) is 0 Å². The first kappa shape index (κ1) is 28.6. The second-order valence-electron chi connectivity index (χ2n) is 11.2. The highest BCUT2D eigenvalue weighted by Gasteiger charge is 2.40. The molecule has 0 saturated carbocycles. The van der Waals surface area contributed by atoms with Crippen molar-refractivity contribution < 1.29 is 22.6 Å². The van der Waals surface area contributed by atoms with Crippen LogP contribution in [0.5, 0.6) is 0 Å². The second-order valence-corrected chi connectivity index (χ2v) is 12.5. The number of nitrogens with two attached hydrogens (primary N) is 1. The fourth-order valence-corrected chi connectivity index (χ4v) is 6.88. The summed E-state index contributed by atoms with van der Waals surface area (Å²) in [6.07, 6.45) is 0.968. The number of aromatic nitrogens is 5. The van der Waals surface area contributed by atoms with E-state index in [1.807, 2.05) is 38.1 Å². The molecule has 3 N–H and O–H groups in total. The van der Waals surface area contributed by atoms with Crippen molar-refractivity contribution in [1.29, 1.82) is 0 Å². The van der Waals surface area contributed by atoms with Gasteiger partial charge in [-0.05, 0) is 68.4 Å². The minimum absolute atomic E-state index is 0.0533. The third-order valence-electron chi connectivity index (χ3n) is 7.96. The monoisotopic (exact) mass is 627 g/mol. The van der Waals surface area contributed by atoms with Crippen molar-refractivity contribution in [2.75, 3.05) is 18.8 Å². The molecule has 13 heteroatoms. The predicted octanol–water partition coefficient (Wildman–Crippen LogP) is 5.19. The highest BCUT2D eigenvalue weighted by molar-refractivity contribution is 7.83. The third kappa shape index (κ3) is 4.98. The average molecular weight is 628 g/mol. The van der Waals surface area contributed by atoms with Gasteiger partial charge in [-0.2, -0.15) is 5.10 Å². The van der Waals surface area contributed by atoms with Crippen molar-refractivity contribution in [3.05, 3.63) is 101 Å². The maximum absolute atomic E-state index is 14.1. The summed E-state index contributed by atoms with van der Waals surface area (Å²) in [6.45, 7) is 3.06. The highest BCUT2D eigenvalue weighted by Crippen LogP contribution is 2.31. The van der Waals surface area contributed by atoms with Crippen molar-refractivity contribution in [2.24, 2.45) is 0 Å². The van der Waals surface area contributed by atoms with Crippen molar-refractivity contribution >= 4 is 50.4 Å². The summed E-state index contributed by atoms with van der Waals surface area (Å²) in [5.74, 6) is -3.16. The van der Waals surface area contributed by atoms with Crippen LogP contribution in [-0.4, -0.2) is 63.5 Å². The lowest BCUT2D eigenvalue weighted by Crippen LogP contribution is -2.31. The van der Waals surface area contributed by atoms with Gasteiger partial charge in [0.2, 0.25) is 5.78 Å². The number of aromatic amines is 1. The lowest BCUT2D eigenvalue weighted by atomic mass is 10.1. The molecule has 0 radical (unpaired) electrons. The van der Waals surface area contributed by atoms with E-state index in [-0.39, 0.29) is 29.2 Å². The first-order chi connectivity index (χ1) is 21.5. The van der Waals surface area contributed by atoms with Gasteiger partial charge in [-0.1, -0.05) is 17.7 Å². The van der Waals surface area contributed by atoms with Crippen LogP contribution in [0, 0.1) is 13.8 Å². The van der Waals surface area contributed by atoms with Crippen LogP contribution in [-0.2, 0) is 11.0 Å². The molecule has 0 spiro atoms. The van der Waals surface area contributed by atoms with Crippen LogP contribution in [0.25, 0.3) is 27.6 Å². The van der Waals surface area contributed by atoms with E-state index in [4.69, 9.17) is 5.73 Å². The predicted molar refractivity (Wildman–Crippen MR) is 166 cm³/mol. The highest BCUT2D eigenvalue weighted by atomic mass is 32.2. The number of anilines is 1. The van der Waals surface area contributed by atoms with Crippen LogP contribution in [0.1, 0.15) is 44.2 Å². The number of nitrogen functional groups attached to an aromatic ring is 1. The lowest BCUT2D eigenvalue weighted by molar-refractivity contribution is 0.0120. The Kier molecular flexibility index (Phi) is 6.66. The van der Waals surface area contributed by atoms with Gasteiger partial charge in [0.15, 0.2) is 11.0 Å². The van der Waals surface area contributed by atoms with E-state index in [2.05, 4.69) is 15.1 Å². The van der Waals surface area contributed by atoms with Crippen LogP contribution in [0.3, 0.4) is 0 Å². The maximum atomic E-state index is 14.1. The molecule has 6 aromatic rings. The third-order valence-corrected chi connectivity index (χ3v) is 9.36. The first-order valence-electron chi connectivity index (χ1n) is 14.2. The second kappa shape index (κ2) is 10.5. The SMILES string of the molecule is Cc1ccc(S(=O)n2c(C(=O)c3cnn(-c4ccc5nc(C)[nH]c5c4)c3N)cc3cc(C(=O)N4CCC(F)(F)C4)ccc32)cc1. The Morgan fingerprint density at radius 2 is 1.80 bits per heavy atom. The smallest absolute Gasteiger partial charge is 0.267 e. The number of H-pyrrole nitrogens is 1. The number of ketones is 1. The van der Waals surface area contributed by atoms with Crippen molar-refractivity contribution in [3.8, 4) is 5.69 Å². The Hall–Kier alpha value is -5.17. The number of benzene rings is 3. The molecule has 1 atom stereocenters. The summed E-state index contributed by atoms with van der Waals surface area (Å²) < 4.78 is 44.5. The number of hydrogen-bond acceptors (Lipinski definition) is 6. The molecular weight excluding hydrogens is 600 g/mol. The van der Waals surface area contributed by atoms with E-state index in [1.165, 1.54) is 33.1 Å². The Balaban J connectivity index is 1.32. The minimum atomic E-state index is -2.93. The van der Waals surface area contributed by atoms with E-state index in [0.717, 1.165) is 27.3 Å². The zero-order valence-electron chi connectivity index (χ0n) is 24.3. The molecular formula is C32H27F2N7O3S. The number of amides is 1. The Morgan fingerprint density at radius 3 is 2.53 bits per heavy atom. The number of alkyl halides is 2. The molecule has 3 aromatic carbocycles. The van der Waals surface area contributed by atoms with E-state index in [9.17, 15) is 22.6 Å². The van der Waals surface area contributed by atoms with Gasteiger partial charge in [-0.15, -0.1) is 0 Å². The molecule has 1 saturated heterocycles. The summed E-state index contributed by atoms with van der Waals surface area (Å²) in [4.78, 5) is 36.4. The summed E-state index contributed by atoms with van der Waals surface area (Å²) in [5.41, 5.74) is 10.4. The summed E-state index contributed by atoms with van der Waals surface area (Å²) in [5, 5.41) is 4.82. The number of imidazole rings is 1. The zero-order chi connectivity index (χ0) is 31.6. The number of halogens is 2. The van der Waals surface area contributed by atoms with Crippen molar-refractivity contribution in [2.45, 2.75) is 31.1 Å². The van der Waals surface area contributed by atoms with Crippen molar-refractivity contribution in [3.63, 3.8) is 0 Å². The van der Waals surface area contributed by atoms with Crippen LogP contribution in [0.4, 0.5) is 14.6 Å². The van der Waals surface area contributed by atoms with Gasteiger partial charge >= 0.3 is 0 Å². The average Bonchev–Trinajstić information content (AvgIpc) is 3.78. The molecule has 3 aromatic heterocycles. The number of hydrogen-bond donors (Lipinski definition) is 2. The fraction of sp³-hybridized carbons (Fsp3) is 0.188. The van der Waals surface area contributed by atoms with Gasteiger partial charge in [0.1, 0.15) is 17.3 Å². The Bertz CT molecular complexity index is 2180. The normalized spacial score (nSPS) is 15.2. The van der Waals surface area contributed by atoms with Gasteiger partial charge in [-0.25, -0.2) is 22.7 Å². The number of nitrogens with one attached hydrogen (secondary N) is 1. The van der Waals surface area contributed by atoms with Gasteiger partial charge in [0.05, 0.1) is 45.4 Å². The number of aryl methyl sites for hydroxylation is 2. The van der Waals surface area contributed by atoms with E-state index in [0.29, 0.717) is 21.5 Å². The quantitative estimate of drug-likeness (QED) is 0.245. The largest absolute Gasteiger partial charge is 0.383 e. The Morgan fingerprint density at radius 1 is 1.02 bits per heavy atom. The number of carbonyl (C=O) groups is 2. The first-order valence-corrected chi connectivity index (χ1v) is 15.3. The molecule has 1 aliphatic rings. The van der Waals surface area contributed by atoms with Crippen LogP contribution in [0.15, 0.2) is 77.8 Å². The van der Waals surface area contributed by atoms with E-state index in [1.54, 1.807) is 24.3 Å². The molecule has 0 bridgehead atoms. The summed E-state index contributed by atoms with van der Waals surface area (Å²) >= 11 is 0.